The van der Waals surface area contributed by atoms with Gasteiger partial charge in [-0.3, -0.25) is 4.21 Å². The second kappa shape index (κ2) is 5.91. The molecule has 2 nitrogen and oxygen atoms in total. The fourth-order valence-corrected chi connectivity index (χ4v) is 2.56. The summed E-state index contributed by atoms with van der Waals surface area (Å²) in [5.74, 6) is 1.42. The van der Waals surface area contributed by atoms with Crippen LogP contribution in [0.5, 0.6) is 0 Å². The number of rotatable bonds is 5. The van der Waals surface area contributed by atoms with Crippen molar-refractivity contribution >= 4 is 16.5 Å². The highest BCUT2D eigenvalue weighted by Gasteiger charge is 2.04. The molecule has 0 aliphatic rings. The monoisotopic (exact) mass is 225 g/mol. The van der Waals surface area contributed by atoms with Crippen LogP contribution in [0.25, 0.3) is 0 Å². The zero-order valence-corrected chi connectivity index (χ0v) is 10.2. The second-order valence-corrected chi connectivity index (χ2v) is 5.73. The predicted molar refractivity (Wildman–Crippen MR) is 66.2 cm³/mol. The first-order valence-corrected chi connectivity index (χ1v) is 6.65. The van der Waals surface area contributed by atoms with Crippen LogP contribution in [0, 0.1) is 5.92 Å². The summed E-state index contributed by atoms with van der Waals surface area (Å²) in [7, 11) is -0.890. The molecule has 1 unspecified atom stereocenters. The Balaban J connectivity index is 2.47. The van der Waals surface area contributed by atoms with Crippen LogP contribution in [0.15, 0.2) is 29.2 Å². The number of anilines is 1. The highest BCUT2D eigenvalue weighted by atomic mass is 32.2. The number of nitrogens with two attached hydrogens (primary N) is 1. The van der Waals surface area contributed by atoms with E-state index in [1.165, 1.54) is 0 Å². The summed E-state index contributed by atoms with van der Waals surface area (Å²) in [5.41, 5.74) is 6.32. The van der Waals surface area contributed by atoms with Gasteiger partial charge in [0.25, 0.3) is 0 Å². The number of nitrogen functional groups attached to an aromatic ring is 1. The van der Waals surface area contributed by atoms with Crippen molar-refractivity contribution in [3.8, 4) is 0 Å². The first-order valence-electron chi connectivity index (χ1n) is 5.33. The maximum atomic E-state index is 11.8. The normalized spacial score (nSPS) is 13.0. The lowest BCUT2D eigenvalue weighted by molar-refractivity contribution is 0.575. The van der Waals surface area contributed by atoms with Gasteiger partial charge in [0, 0.05) is 16.3 Å². The summed E-state index contributed by atoms with van der Waals surface area (Å²) in [4.78, 5) is 0.846. The van der Waals surface area contributed by atoms with Gasteiger partial charge in [-0.25, -0.2) is 0 Å². The maximum Gasteiger partial charge on any atom is 0.0530 e. The first-order chi connectivity index (χ1) is 7.09. The van der Waals surface area contributed by atoms with E-state index in [1.807, 2.05) is 18.2 Å². The van der Waals surface area contributed by atoms with Crippen LogP contribution in [-0.4, -0.2) is 9.96 Å². The zero-order chi connectivity index (χ0) is 11.3. The van der Waals surface area contributed by atoms with Crippen molar-refractivity contribution in [1.29, 1.82) is 0 Å². The molecule has 3 heteroatoms. The van der Waals surface area contributed by atoms with E-state index in [1.54, 1.807) is 6.07 Å². The predicted octanol–water partition coefficient (Wildman–Crippen LogP) is 2.81. The van der Waals surface area contributed by atoms with Gasteiger partial charge in [-0.2, -0.15) is 0 Å². The van der Waals surface area contributed by atoms with Crippen LogP contribution >= 0.6 is 0 Å². The lowest BCUT2D eigenvalue weighted by Gasteiger charge is -2.05. The Kier molecular flexibility index (Phi) is 4.82. The largest absolute Gasteiger partial charge is 0.399 e. The summed E-state index contributed by atoms with van der Waals surface area (Å²) in [6.45, 7) is 4.37. The molecule has 0 heterocycles. The molecule has 0 aliphatic heterocycles. The highest BCUT2D eigenvalue weighted by molar-refractivity contribution is 7.85. The molecule has 0 spiro atoms. The SMILES string of the molecule is CC(C)CCCS(=O)c1cccc(N)c1. The molecule has 0 aliphatic carbocycles. The minimum absolute atomic E-state index is 0.683. The third-order valence-electron chi connectivity index (χ3n) is 2.23. The van der Waals surface area contributed by atoms with Crippen LogP contribution in [-0.2, 0) is 10.8 Å². The van der Waals surface area contributed by atoms with Gasteiger partial charge in [0.1, 0.15) is 0 Å². The lowest BCUT2D eigenvalue weighted by atomic mass is 10.1. The van der Waals surface area contributed by atoms with E-state index in [4.69, 9.17) is 5.73 Å². The van der Waals surface area contributed by atoms with E-state index in [0.717, 1.165) is 23.5 Å². The summed E-state index contributed by atoms with van der Waals surface area (Å²) in [5, 5.41) is 0. The molecule has 1 aromatic rings. The highest BCUT2D eigenvalue weighted by Crippen LogP contribution is 2.13. The Bertz CT molecular complexity index is 336. The molecule has 0 bridgehead atoms. The molecule has 2 N–H and O–H groups in total. The van der Waals surface area contributed by atoms with Crippen LogP contribution < -0.4 is 5.73 Å². The van der Waals surface area contributed by atoms with Crippen molar-refractivity contribution < 1.29 is 4.21 Å². The van der Waals surface area contributed by atoms with Gasteiger partial charge < -0.3 is 5.73 Å². The molecular formula is C12H19NOS. The van der Waals surface area contributed by atoms with E-state index in [2.05, 4.69) is 13.8 Å². The maximum absolute atomic E-state index is 11.8. The summed E-state index contributed by atoms with van der Waals surface area (Å²) >= 11 is 0. The van der Waals surface area contributed by atoms with Crippen molar-refractivity contribution in [1.82, 2.24) is 0 Å². The second-order valence-electron chi connectivity index (χ2n) is 4.16. The molecule has 15 heavy (non-hydrogen) atoms. The third kappa shape index (κ3) is 4.47. The van der Waals surface area contributed by atoms with Crippen molar-refractivity contribution in [3.05, 3.63) is 24.3 Å². The summed E-state index contributed by atoms with van der Waals surface area (Å²) in [6.07, 6.45) is 2.15. The van der Waals surface area contributed by atoms with Crippen molar-refractivity contribution in [2.45, 2.75) is 31.6 Å². The van der Waals surface area contributed by atoms with Gasteiger partial charge in [-0.05, 0) is 30.5 Å². The average Bonchev–Trinajstić information content (AvgIpc) is 2.17. The standard InChI is InChI=1S/C12H19NOS/c1-10(2)5-4-8-15(14)12-7-3-6-11(13)9-12/h3,6-7,9-10H,4-5,8,13H2,1-2H3. The van der Waals surface area contributed by atoms with Crippen LogP contribution in [0.3, 0.4) is 0 Å². The third-order valence-corrected chi connectivity index (χ3v) is 3.67. The molecule has 0 radical (unpaired) electrons. The lowest BCUT2D eigenvalue weighted by Crippen LogP contribution is -2.00. The van der Waals surface area contributed by atoms with Gasteiger partial charge in [0.05, 0.1) is 10.8 Å². The molecule has 1 aromatic carbocycles. The number of hydrogen-bond acceptors (Lipinski definition) is 2. The molecule has 0 aromatic heterocycles. The molecule has 0 fully saturated rings. The number of benzene rings is 1. The molecule has 0 saturated carbocycles. The Hall–Kier alpha value is -0.830. The molecule has 84 valence electrons. The Morgan fingerprint density at radius 2 is 2.13 bits per heavy atom. The van der Waals surface area contributed by atoms with Crippen LogP contribution in [0.4, 0.5) is 5.69 Å². The van der Waals surface area contributed by atoms with Gasteiger partial charge in [-0.1, -0.05) is 26.3 Å². The molecular weight excluding hydrogens is 206 g/mol. The number of hydrogen-bond donors (Lipinski definition) is 1. The van der Waals surface area contributed by atoms with Crippen LogP contribution in [0.2, 0.25) is 0 Å². The van der Waals surface area contributed by atoms with Gasteiger partial charge in [0.2, 0.25) is 0 Å². The minimum atomic E-state index is -0.890. The molecule has 1 rings (SSSR count). The Labute approximate surface area is 94.3 Å². The first kappa shape index (κ1) is 12.2. The Morgan fingerprint density at radius 1 is 1.40 bits per heavy atom. The van der Waals surface area contributed by atoms with Gasteiger partial charge >= 0.3 is 0 Å². The summed E-state index contributed by atoms with van der Waals surface area (Å²) in [6, 6.07) is 7.34. The van der Waals surface area contributed by atoms with E-state index < -0.39 is 10.8 Å². The van der Waals surface area contributed by atoms with Crippen molar-refractivity contribution in [2.24, 2.45) is 5.92 Å². The fraction of sp³-hybridized carbons (Fsp3) is 0.500. The fourth-order valence-electron chi connectivity index (χ4n) is 1.40. The Morgan fingerprint density at radius 3 is 2.73 bits per heavy atom. The van der Waals surface area contributed by atoms with Crippen molar-refractivity contribution in [2.75, 3.05) is 11.5 Å². The summed E-state index contributed by atoms with van der Waals surface area (Å²) < 4.78 is 11.8. The van der Waals surface area contributed by atoms with Crippen LogP contribution in [0.1, 0.15) is 26.7 Å². The van der Waals surface area contributed by atoms with Gasteiger partial charge in [0.15, 0.2) is 0 Å². The molecule has 0 saturated heterocycles. The topological polar surface area (TPSA) is 43.1 Å². The zero-order valence-electron chi connectivity index (χ0n) is 9.40. The van der Waals surface area contributed by atoms with E-state index in [0.29, 0.717) is 11.6 Å². The van der Waals surface area contributed by atoms with E-state index >= 15 is 0 Å². The smallest absolute Gasteiger partial charge is 0.0530 e. The quantitative estimate of drug-likeness (QED) is 0.783. The van der Waals surface area contributed by atoms with E-state index in [-0.39, 0.29) is 0 Å². The average molecular weight is 225 g/mol. The molecule has 1 atom stereocenters. The van der Waals surface area contributed by atoms with Crippen molar-refractivity contribution in [3.63, 3.8) is 0 Å². The van der Waals surface area contributed by atoms with E-state index in [9.17, 15) is 4.21 Å². The molecule has 0 amide bonds. The minimum Gasteiger partial charge on any atom is -0.399 e. The van der Waals surface area contributed by atoms with Gasteiger partial charge in [-0.15, -0.1) is 0 Å².